The van der Waals surface area contributed by atoms with Gasteiger partial charge < -0.3 is 5.73 Å². The van der Waals surface area contributed by atoms with Crippen molar-refractivity contribution in [3.8, 4) is 0 Å². The van der Waals surface area contributed by atoms with Crippen LogP contribution < -0.4 is 5.73 Å². The van der Waals surface area contributed by atoms with Gasteiger partial charge in [-0.25, -0.2) is 0 Å². The number of rotatable bonds is 9. The quantitative estimate of drug-likeness (QED) is 0.680. The van der Waals surface area contributed by atoms with Crippen molar-refractivity contribution in [2.45, 2.75) is 70.9 Å². The lowest BCUT2D eigenvalue weighted by Crippen LogP contribution is -2.39. The molecule has 2 nitrogen and oxygen atoms in total. The number of hydrogen-bond donors (Lipinski definition) is 1. The molecule has 1 fully saturated rings. The van der Waals surface area contributed by atoms with Crippen LogP contribution in [0.4, 0.5) is 0 Å². The first kappa shape index (κ1) is 16.5. The molecule has 0 radical (unpaired) electrons. The molecule has 2 heteroatoms. The third-order valence-electron chi connectivity index (χ3n) is 4.68. The third kappa shape index (κ3) is 4.55. The molecule has 2 N–H and O–H groups in total. The summed E-state index contributed by atoms with van der Waals surface area (Å²) in [6.07, 6.45) is 6.59. The van der Waals surface area contributed by atoms with Crippen molar-refractivity contribution < 1.29 is 0 Å². The van der Waals surface area contributed by atoms with E-state index in [2.05, 4.69) is 49.9 Å². The summed E-state index contributed by atoms with van der Waals surface area (Å²) in [4.78, 5) is 2.57. The summed E-state index contributed by atoms with van der Waals surface area (Å²) in [5.41, 5.74) is 9.01. The Bertz CT molecular complexity index is 406. The maximum atomic E-state index is 6.12. The number of nitrogens with zero attached hydrogens (tertiary/aromatic N) is 1. The highest BCUT2D eigenvalue weighted by Crippen LogP contribution is 2.40. The van der Waals surface area contributed by atoms with Gasteiger partial charge in [0.25, 0.3) is 0 Å². The summed E-state index contributed by atoms with van der Waals surface area (Å²) in [6, 6.07) is 10.1. The van der Waals surface area contributed by atoms with Crippen LogP contribution >= 0.6 is 0 Å². The minimum atomic E-state index is 0.357. The summed E-state index contributed by atoms with van der Waals surface area (Å²) in [7, 11) is 0. The monoisotopic (exact) mass is 288 g/mol. The Kier molecular flexibility index (Phi) is 6.25. The SMILES string of the molecule is CCCCCN(C(C)C)C(CN)c1ccc(C2CC2)cc1. The second-order valence-corrected chi connectivity index (χ2v) is 6.73. The van der Waals surface area contributed by atoms with Crippen molar-refractivity contribution in [3.05, 3.63) is 35.4 Å². The Morgan fingerprint density at radius 1 is 1.14 bits per heavy atom. The molecule has 0 bridgehead atoms. The highest BCUT2D eigenvalue weighted by Gasteiger charge is 2.25. The van der Waals surface area contributed by atoms with Crippen LogP contribution in [0.5, 0.6) is 0 Å². The Morgan fingerprint density at radius 3 is 2.29 bits per heavy atom. The van der Waals surface area contributed by atoms with Gasteiger partial charge in [0.05, 0.1) is 0 Å². The molecule has 0 heterocycles. The minimum absolute atomic E-state index is 0.357. The molecule has 0 aromatic heterocycles. The van der Waals surface area contributed by atoms with Gasteiger partial charge in [-0.15, -0.1) is 0 Å². The second kappa shape index (κ2) is 7.95. The average Bonchev–Trinajstić information content (AvgIpc) is 3.31. The Morgan fingerprint density at radius 2 is 1.81 bits per heavy atom. The maximum Gasteiger partial charge on any atom is 0.0473 e. The number of unbranched alkanes of at least 4 members (excludes halogenated alkanes) is 2. The molecule has 0 aliphatic heterocycles. The molecule has 0 amide bonds. The van der Waals surface area contributed by atoms with E-state index >= 15 is 0 Å². The molecule has 1 aliphatic carbocycles. The zero-order chi connectivity index (χ0) is 15.2. The Balaban J connectivity index is 2.06. The zero-order valence-corrected chi connectivity index (χ0v) is 14.0. The lowest BCUT2D eigenvalue weighted by molar-refractivity contribution is 0.154. The molecule has 0 saturated heterocycles. The smallest absolute Gasteiger partial charge is 0.0473 e. The standard InChI is InChI=1S/C19H32N2/c1-4-5-6-13-21(15(2)3)19(14-20)18-11-9-17(10-12-18)16-7-8-16/h9-12,15-16,19H,4-8,13-14,20H2,1-3H3. The number of nitrogens with two attached hydrogens (primary N) is 1. The van der Waals surface area contributed by atoms with Gasteiger partial charge in [0.15, 0.2) is 0 Å². The van der Waals surface area contributed by atoms with Crippen LogP contribution in [0.3, 0.4) is 0 Å². The van der Waals surface area contributed by atoms with E-state index in [0.29, 0.717) is 18.6 Å². The van der Waals surface area contributed by atoms with Crippen LogP contribution in [-0.4, -0.2) is 24.0 Å². The first-order valence-corrected chi connectivity index (χ1v) is 8.73. The van der Waals surface area contributed by atoms with E-state index in [9.17, 15) is 0 Å². The van der Waals surface area contributed by atoms with E-state index in [1.807, 2.05) is 0 Å². The number of hydrogen-bond acceptors (Lipinski definition) is 2. The topological polar surface area (TPSA) is 29.3 Å². The van der Waals surface area contributed by atoms with Gasteiger partial charge >= 0.3 is 0 Å². The van der Waals surface area contributed by atoms with Crippen molar-refractivity contribution in [1.82, 2.24) is 4.90 Å². The summed E-state index contributed by atoms with van der Waals surface area (Å²) < 4.78 is 0. The normalized spacial score (nSPS) is 16.7. The maximum absolute atomic E-state index is 6.12. The predicted octanol–water partition coefficient (Wildman–Crippen LogP) is 4.46. The molecule has 2 rings (SSSR count). The van der Waals surface area contributed by atoms with Crippen LogP contribution in [-0.2, 0) is 0 Å². The van der Waals surface area contributed by atoms with Gasteiger partial charge in [-0.2, -0.15) is 0 Å². The summed E-state index contributed by atoms with van der Waals surface area (Å²) in [6.45, 7) is 8.68. The van der Waals surface area contributed by atoms with Crippen LogP contribution in [0, 0.1) is 0 Å². The first-order valence-electron chi connectivity index (χ1n) is 8.73. The molecule has 0 spiro atoms. The molecule has 1 aliphatic rings. The molecular weight excluding hydrogens is 256 g/mol. The second-order valence-electron chi connectivity index (χ2n) is 6.73. The third-order valence-corrected chi connectivity index (χ3v) is 4.68. The summed E-state index contributed by atoms with van der Waals surface area (Å²) in [5.74, 6) is 0.834. The highest BCUT2D eigenvalue weighted by molar-refractivity contribution is 5.30. The molecular formula is C19H32N2. The van der Waals surface area contributed by atoms with E-state index in [0.717, 1.165) is 12.5 Å². The Labute approximate surface area is 130 Å². The van der Waals surface area contributed by atoms with Crippen molar-refractivity contribution in [1.29, 1.82) is 0 Å². The van der Waals surface area contributed by atoms with E-state index < -0.39 is 0 Å². The summed E-state index contributed by atoms with van der Waals surface area (Å²) >= 11 is 0. The van der Waals surface area contributed by atoms with Crippen molar-refractivity contribution in [2.75, 3.05) is 13.1 Å². The largest absolute Gasteiger partial charge is 0.329 e. The average molecular weight is 288 g/mol. The zero-order valence-electron chi connectivity index (χ0n) is 14.0. The van der Waals surface area contributed by atoms with Crippen LogP contribution in [0.1, 0.15) is 76.0 Å². The van der Waals surface area contributed by atoms with Crippen molar-refractivity contribution >= 4 is 0 Å². The van der Waals surface area contributed by atoms with E-state index in [1.54, 1.807) is 0 Å². The molecule has 21 heavy (non-hydrogen) atoms. The molecule has 1 aromatic rings. The fourth-order valence-corrected chi connectivity index (χ4v) is 3.19. The van der Waals surface area contributed by atoms with Crippen molar-refractivity contribution in [2.24, 2.45) is 5.73 Å². The fourth-order valence-electron chi connectivity index (χ4n) is 3.19. The van der Waals surface area contributed by atoms with Gasteiger partial charge in [-0.1, -0.05) is 44.0 Å². The van der Waals surface area contributed by atoms with Gasteiger partial charge in [0.1, 0.15) is 0 Å². The highest BCUT2D eigenvalue weighted by atomic mass is 15.2. The van der Waals surface area contributed by atoms with Crippen molar-refractivity contribution in [3.63, 3.8) is 0 Å². The van der Waals surface area contributed by atoms with Crippen LogP contribution in [0.25, 0.3) is 0 Å². The van der Waals surface area contributed by atoms with E-state index in [1.165, 1.54) is 43.2 Å². The summed E-state index contributed by atoms with van der Waals surface area (Å²) in [5, 5.41) is 0. The van der Waals surface area contributed by atoms with Gasteiger partial charge in [-0.05, 0) is 56.7 Å². The fraction of sp³-hybridized carbons (Fsp3) is 0.684. The van der Waals surface area contributed by atoms with Crippen LogP contribution in [0.2, 0.25) is 0 Å². The number of benzene rings is 1. The van der Waals surface area contributed by atoms with Gasteiger partial charge in [0.2, 0.25) is 0 Å². The molecule has 1 saturated carbocycles. The molecule has 1 aromatic carbocycles. The predicted molar refractivity (Wildman–Crippen MR) is 91.6 cm³/mol. The lowest BCUT2D eigenvalue weighted by Gasteiger charge is -2.35. The van der Waals surface area contributed by atoms with Crippen LogP contribution in [0.15, 0.2) is 24.3 Å². The molecule has 118 valence electrons. The van der Waals surface area contributed by atoms with E-state index in [-0.39, 0.29) is 0 Å². The molecule has 1 atom stereocenters. The van der Waals surface area contributed by atoms with E-state index in [4.69, 9.17) is 5.73 Å². The lowest BCUT2D eigenvalue weighted by atomic mass is 10.00. The van der Waals surface area contributed by atoms with Gasteiger partial charge in [-0.3, -0.25) is 4.90 Å². The van der Waals surface area contributed by atoms with Gasteiger partial charge in [0, 0.05) is 18.6 Å². The Hall–Kier alpha value is -0.860. The minimum Gasteiger partial charge on any atom is -0.329 e. The first-order chi connectivity index (χ1) is 10.2. The molecule has 1 unspecified atom stereocenters.